The van der Waals surface area contributed by atoms with Gasteiger partial charge in [-0.25, -0.2) is 0 Å². The molecule has 5 heteroatoms. The summed E-state index contributed by atoms with van der Waals surface area (Å²) in [6.07, 6.45) is 5.18. The lowest BCUT2D eigenvalue weighted by atomic mass is 9.92. The summed E-state index contributed by atoms with van der Waals surface area (Å²) >= 11 is 0. The highest BCUT2D eigenvalue weighted by molar-refractivity contribution is 6.04. The summed E-state index contributed by atoms with van der Waals surface area (Å²) in [5.74, 6) is 0.420. The van der Waals surface area contributed by atoms with E-state index in [2.05, 4.69) is 66.5 Å². The number of para-hydroxylation sites is 1. The van der Waals surface area contributed by atoms with Crippen molar-refractivity contribution in [2.75, 3.05) is 10.6 Å². The van der Waals surface area contributed by atoms with Crippen molar-refractivity contribution < 1.29 is 4.79 Å². The number of amides is 1. The molecule has 0 unspecified atom stereocenters. The van der Waals surface area contributed by atoms with E-state index in [0.29, 0.717) is 24.1 Å². The number of rotatable bonds is 7. The van der Waals surface area contributed by atoms with Gasteiger partial charge in [0, 0.05) is 36.5 Å². The topological polar surface area (TPSA) is 66.9 Å². The first-order chi connectivity index (χ1) is 14.0. The van der Waals surface area contributed by atoms with Gasteiger partial charge in [-0.1, -0.05) is 45.9 Å². The number of benzene rings is 1. The Kier molecular flexibility index (Phi) is 6.60. The number of nitrogens with zero attached hydrogens (tertiary/aromatic N) is 2. The molecular formula is C24H28N4O. The van der Waals surface area contributed by atoms with E-state index < -0.39 is 0 Å². The van der Waals surface area contributed by atoms with E-state index in [9.17, 15) is 4.79 Å². The van der Waals surface area contributed by atoms with Crippen molar-refractivity contribution in [1.82, 2.24) is 9.97 Å². The lowest BCUT2D eigenvalue weighted by Crippen LogP contribution is -2.17. The number of nitrogens with one attached hydrogen (secondary N) is 2. The first-order valence-corrected chi connectivity index (χ1v) is 9.98. The van der Waals surface area contributed by atoms with Crippen molar-refractivity contribution >= 4 is 17.3 Å². The van der Waals surface area contributed by atoms with Crippen LogP contribution in [0.5, 0.6) is 0 Å². The largest absolute Gasteiger partial charge is 0.381 e. The molecule has 0 aliphatic rings. The molecule has 0 fully saturated rings. The number of pyridine rings is 2. The first kappa shape index (κ1) is 20.5. The van der Waals surface area contributed by atoms with Gasteiger partial charge in [0.2, 0.25) is 0 Å². The molecule has 2 N–H and O–H groups in total. The Balaban J connectivity index is 1.80. The summed E-state index contributed by atoms with van der Waals surface area (Å²) in [4.78, 5) is 21.3. The summed E-state index contributed by atoms with van der Waals surface area (Å²) in [7, 11) is 0. The number of aromatic nitrogens is 2. The van der Waals surface area contributed by atoms with E-state index in [4.69, 9.17) is 0 Å². The van der Waals surface area contributed by atoms with E-state index in [1.807, 2.05) is 18.2 Å². The lowest BCUT2D eigenvalue weighted by Gasteiger charge is -2.20. The highest BCUT2D eigenvalue weighted by Gasteiger charge is 2.17. The number of anilines is 2. The monoisotopic (exact) mass is 388 g/mol. The van der Waals surface area contributed by atoms with Crippen LogP contribution in [0.1, 0.15) is 66.7 Å². The van der Waals surface area contributed by atoms with E-state index in [-0.39, 0.29) is 5.91 Å². The Hall–Kier alpha value is -3.21. The molecule has 0 aliphatic heterocycles. The zero-order chi connectivity index (χ0) is 20.8. The number of hydrogen-bond donors (Lipinski definition) is 2. The Morgan fingerprint density at radius 2 is 1.59 bits per heavy atom. The molecule has 0 spiro atoms. The van der Waals surface area contributed by atoms with Crippen LogP contribution in [0.4, 0.5) is 11.4 Å². The van der Waals surface area contributed by atoms with Gasteiger partial charge in [0.15, 0.2) is 0 Å². The third-order valence-corrected chi connectivity index (χ3v) is 4.85. The quantitative estimate of drug-likeness (QED) is 0.554. The average molecular weight is 389 g/mol. The lowest BCUT2D eigenvalue weighted by molar-refractivity contribution is 0.102. The molecule has 0 atom stereocenters. The number of hydrogen-bond acceptors (Lipinski definition) is 4. The van der Waals surface area contributed by atoms with Gasteiger partial charge in [0.25, 0.3) is 5.91 Å². The molecule has 0 radical (unpaired) electrons. The Labute approximate surface area is 172 Å². The fourth-order valence-corrected chi connectivity index (χ4v) is 3.24. The van der Waals surface area contributed by atoms with E-state index in [1.165, 1.54) is 0 Å². The molecule has 1 amide bonds. The van der Waals surface area contributed by atoms with Crippen molar-refractivity contribution in [3.8, 4) is 0 Å². The SMILES string of the molecule is CC(C)c1cccc(C(C)C)c1NC(=O)c1cc(NCc2ccncc2)ccn1. The van der Waals surface area contributed by atoms with Crippen molar-refractivity contribution in [2.24, 2.45) is 0 Å². The average Bonchev–Trinajstić information content (AvgIpc) is 2.73. The normalized spacial score (nSPS) is 11.0. The number of carbonyl (C=O) groups excluding carboxylic acids is 1. The van der Waals surface area contributed by atoms with E-state index in [0.717, 1.165) is 28.1 Å². The molecule has 0 bridgehead atoms. The van der Waals surface area contributed by atoms with Gasteiger partial charge in [-0.15, -0.1) is 0 Å². The third kappa shape index (κ3) is 5.19. The Morgan fingerprint density at radius 3 is 2.21 bits per heavy atom. The predicted molar refractivity (Wildman–Crippen MR) is 118 cm³/mol. The molecule has 0 saturated carbocycles. The maximum Gasteiger partial charge on any atom is 0.274 e. The summed E-state index contributed by atoms with van der Waals surface area (Å²) in [6, 6.07) is 13.8. The van der Waals surface area contributed by atoms with Crippen molar-refractivity contribution in [1.29, 1.82) is 0 Å². The fourth-order valence-electron chi connectivity index (χ4n) is 3.24. The third-order valence-electron chi connectivity index (χ3n) is 4.85. The molecule has 2 aromatic heterocycles. The molecule has 1 aromatic carbocycles. The molecule has 5 nitrogen and oxygen atoms in total. The highest BCUT2D eigenvalue weighted by atomic mass is 16.1. The summed E-state index contributed by atoms with van der Waals surface area (Å²) in [5.41, 5.74) is 5.53. The van der Waals surface area contributed by atoms with Gasteiger partial charge in [0.05, 0.1) is 0 Å². The molecule has 2 heterocycles. The smallest absolute Gasteiger partial charge is 0.274 e. The molecule has 0 saturated heterocycles. The molecule has 3 aromatic rings. The zero-order valence-electron chi connectivity index (χ0n) is 17.4. The summed E-state index contributed by atoms with van der Waals surface area (Å²) < 4.78 is 0. The highest BCUT2D eigenvalue weighted by Crippen LogP contribution is 2.32. The van der Waals surface area contributed by atoms with Crippen LogP contribution in [0.2, 0.25) is 0 Å². The van der Waals surface area contributed by atoms with Crippen molar-refractivity contribution in [2.45, 2.75) is 46.1 Å². The van der Waals surface area contributed by atoms with Crippen LogP contribution in [-0.2, 0) is 6.54 Å². The van der Waals surface area contributed by atoms with E-state index in [1.54, 1.807) is 24.7 Å². The van der Waals surface area contributed by atoms with Crippen LogP contribution >= 0.6 is 0 Å². The Morgan fingerprint density at radius 1 is 0.931 bits per heavy atom. The molecular weight excluding hydrogens is 360 g/mol. The first-order valence-electron chi connectivity index (χ1n) is 9.98. The maximum absolute atomic E-state index is 13.0. The van der Waals surface area contributed by atoms with E-state index >= 15 is 0 Å². The molecule has 3 rings (SSSR count). The Bertz CT molecular complexity index is 941. The fraction of sp³-hybridized carbons (Fsp3) is 0.292. The summed E-state index contributed by atoms with van der Waals surface area (Å²) in [5, 5.41) is 6.45. The molecule has 29 heavy (non-hydrogen) atoms. The van der Waals surface area contributed by atoms with Gasteiger partial charge in [-0.2, -0.15) is 0 Å². The van der Waals surface area contributed by atoms with Crippen molar-refractivity contribution in [3.63, 3.8) is 0 Å². The van der Waals surface area contributed by atoms with Gasteiger partial charge in [-0.3, -0.25) is 14.8 Å². The summed E-state index contributed by atoms with van der Waals surface area (Å²) in [6.45, 7) is 9.20. The van der Waals surface area contributed by atoms with Crippen LogP contribution in [0.3, 0.4) is 0 Å². The number of carbonyl (C=O) groups is 1. The van der Waals surface area contributed by atoms with Gasteiger partial charge in [-0.05, 0) is 52.8 Å². The zero-order valence-corrected chi connectivity index (χ0v) is 17.4. The maximum atomic E-state index is 13.0. The van der Waals surface area contributed by atoms with Gasteiger partial charge < -0.3 is 10.6 Å². The molecule has 150 valence electrons. The second-order valence-corrected chi connectivity index (χ2v) is 7.71. The van der Waals surface area contributed by atoms with Gasteiger partial charge in [0.1, 0.15) is 5.69 Å². The second kappa shape index (κ2) is 9.32. The second-order valence-electron chi connectivity index (χ2n) is 7.71. The predicted octanol–water partition coefficient (Wildman–Crippen LogP) is 5.59. The van der Waals surface area contributed by atoms with Crippen LogP contribution in [0.25, 0.3) is 0 Å². The standard InChI is InChI=1S/C24H28N4O/c1-16(2)20-6-5-7-21(17(3)4)23(20)28-24(29)22-14-19(10-13-26-22)27-15-18-8-11-25-12-9-18/h5-14,16-17H,15H2,1-4H3,(H,26,27)(H,28,29). The van der Waals surface area contributed by atoms with Crippen LogP contribution in [-0.4, -0.2) is 15.9 Å². The van der Waals surface area contributed by atoms with Crippen LogP contribution in [0.15, 0.2) is 61.1 Å². The minimum atomic E-state index is -0.201. The van der Waals surface area contributed by atoms with Crippen molar-refractivity contribution in [3.05, 3.63) is 83.4 Å². The minimum Gasteiger partial charge on any atom is -0.381 e. The van der Waals surface area contributed by atoms with Gasteiger partial charge >= 0.3 is 0 Å². The molecule has 0 aliphatic carbocycles. The van der Waals surface area contributed by atoms with Crippen LogP contribution in [0, 0.1) is 0 Å². The minimum absolute atomic E-state index is 0.201. The van der Waals surface area contributed by atoms with Crippen LogP contribution < -0.4 is 10.6 Å².